The third kappa shape index (κ3) is 3.44. The fourth-order valence-corrected chi connectivity index (χ4v) is 3.56. The van der Waals surface area contributed by atoms with E-state index < -0.39 is 34.9 Å². The highest BCUT2D eigenvalue weighted by atomic mass is 32.2. The zero-order valence-corrected chi connectivity index (χ0v) is 14.4. The van der Waals surface area contributed by atoms with Gasteiger partial charge in [-0.15, -0.1) is 0 Å². The number of rotatable bonds is 4. The Bertz CT molecular complexity index is 702. The van der Waals surface area contributed by atoms with Gasteiger partial charge in [-0.3, -0.25) is 4.18 Å². The normalized spacial score (nSPS) is 34.9. The number of aryl methyl sites for hydroxylation is 1. The first-order valence-electron chi connectivity index (χ1n) is 8.10. The minimum absolute atomic E-state index is 0.0184. The van der Waals surface area contributed by atoms with Gasteiger partial charge >= 0.3 is 0 Å². The van der Waals surface area contributed by atoms with E-state index in [1.807, 2.05) is 13.8 Å². The Hall–Kier alpha value is -0.990. The van der Waals surface area contributed by atoms with Gasteiger partial charge in [-0.2, -0.15) is 8.42 Å². The molecule has 2 aliphatic rings. The van der Waals surface area contributed by atoms with Gasteiger partial charge in [0.25, 0.3) is 10.1 Å². The molecule has 1 aromatic rings. The minimum atomic E-state index is -4.03. The lowest BCUT2D eigenvalue weighted by Gasteiger charge is -2.23. The van der Waals surface area contributed by atoms with Gasteiger partial charge in [0.15, 0.2) is 12.1 Å². The van der Waals surface area contributed by atoms with E-state index in [0.29, 0.717) is 0 Å². The lowest BCUT2D eigenvalue weighted by atomic mass is 10.0. The van der Waals surface area contributed by atoms with Gasteiger partial charge in [0, 0.05) is 5.92 Å². The fraction of sp³-hybridized carbons (Fsp3) is 0.625. The van der Waals surface area contributed by atoms with Crippen molar-refractivity contribution in [1.82, 2.24) is 0 Å². The summed E-state index contributed by atoms with van der Waals surface area (Å²) in [4.78, 5) is 0.0184. The molecule has 3 rings (SSSR count). The van der Waals surface area contributed by atoms with Crippen molar-refractivity contribution in [2.24, 2.45) is 5.92 Å². The Morgan fingerprint density at radius 2 is 1.91 bits per heavy atom. The number of hydrogen-bond donors (Lipinski definition) is 0. The molecule has 0 N–H and O–H groups in total. The maximum absolute atomic E-state index is 12.3. The molecule has 0 radical (unpaired) electrons. The number of fused-ring (bicyclic) bond motifs is 1. The van der Waals surface area contributed by atoms with Gasteiger partial charge in [0.05, 0.1) is 19.0 Å². The maximum atomic E-state index is 12.3. The highest BCUT2D eigenvalue weighted by molar-refractivity contribution is 7.86. The summed E-state index contributed by atoms with van der Waals surface area (Å²) in [5.41, 5.74) is 0.939. The van der Waals surface area contributed by atoms with Crippen LogP contribution in [0.15, 0.2) is 29.2 Å². The number of hydrogen-bond acceptors (Lipinski definition) is 6. The molecule has 7 heteroatoms. The average molecular weight is 343 g/mol. The molecule has 5 atom stereocenters. The molecule has 0 amide bonds. The third-order valence-corrected chi connectivity index (χ3v) is 5.26. The zero-order valence-electron chi connectivity index (χ0n) is 14.6. The van der Waals surface area contributed by atoms with Crippen LogP contribution in [-0.2, 0) is 28.5 Å². The molecule has 0 bridgehead atoms. The van der Waals surface area contributed by atoms with Gasteiger partial charge in [0.2, 0.25) is 0 Å². The van der Waals surface area contributed by atoms with Crippen LogP contribution < -0.4 is 0 Å². The van der Waals surface area contributed by atoms with Crippen LogP contribution in [0.2, 0.25) is 0 Å². The molecule has 2 heterocycles. The van der Waals surface area contributed by atoms with E-state index in [4.69, 9.17) is 19.8 Å². The van der Waals surface area contributed by atoms with Crippen molar-refractivity contribution in [2.45, 2.75) is 56.9 Å². The summed E-state index contributed by atoms with van der Waals surface area (Å²) in [5.74, 6) is -0.978. The molecule has 0 aromatic heterocycles. The van der Waals surface area contributed by atoms with Gasteiger partial charge in [-0.05, 0) is 32.9 Å². The molecule has 0 aliphatic carbocycles. The first-order chi connectivity index (χ1) is 11.1. The van der Waals surface area contributed by atoms with E-state index in [1.165, 1.54) is 12.1 Å². The first-order valence-corrected chi connectivity index (χ1v) is 8.93. The predicted molar refractivity (Wildman–Crippen MR) is 82.2 cm³/mol. The topological polar surface area (TPSA) is 71.1 Å². The summed E-state index contributed by atoms with van der Waals surface area (Å²) in [6.45, 7) is 5.87. The highest BCUT2D eigenvalue weighted by Gasteiger charge is 2.53. The third-order valence-electron chi connectivity index (χ3n) is 4.04. The van der Waals surface area contributed by atoms with E-state index in [-0.39, 0.29) is 16.9 Å². The number of ether oxygens (including phenoxy) is 3. The van der Waals surface area contributed by atoms with Crippen LogP contribution in [0.5, 0.6) is 0 Å². The Morgan fingerprint density at radius 3 is 2.52 bits per heavy atom. The van der Waals surface area contributed by atoms with Crippen molar-refractivity contribution in [3.63, 3.8) is 0 Å². The van der Waals surface area contributed by atoms with E-state index in [1.54, 1.807) is 26.0 Å². The molecule has 2 aliphatic heterocycles. The Balaban J connectivity index is 1.70. The van der Waals surface area contributed by atoms with Gasteiger partial charge in [-0.25, -0.2) is 0 Å². The van der Waals surface area contributed by atoms with E-state index in [2.05, 4.69) is 0 Å². The van der Waals surface area contributed by atoms with Crippen LogP contribution in [0.4, 0.5) is 0 Å². The van der Waals surface area contributed by atoms with Crippen molar-refractivity contribution >= 4 is 10.1 Å². The smallest absolute Gasteiger partial charge is 0.297 e. The standard InChI is InChI=1S/C16H22O6S/c1-10-5-7-12(8-6-10)23(17,18)19-9-13-11(2)14-15(20-13)22-16(3,4)21-14/h5-8,11,13-15H,9H2,1-4H3/t11?,13-,14+,15-/m1/s1/i9D/t9-,11?,13-,14+,15-. The minimum Gasteiger partial charge on any atom is -0.344 e. The fourth-order valence-electron chi connectivity index (χ4n) is 2.73. The summed E-state index contributed by atoms with van der Waals surface area (Å²) >= 11 is 0. The maximum Gasteiger partial charge on any atom is 0.297 e. The molecule has 1 aromatic carbocycles. The molecule has 0 spiro atoms. The van der Waals surface area contributed by atoms with E-state index >= 15 is 0 Å². The summed E-state index contributed by atoms with van der Waals surface area (Å²) < 4.78 is 54.8. The largest absolute Gasteiger partial charge is 0.344 e. The first kappa shape index (κ1) is 15.5. The Kier molecular flexibility index (Phi) is 3.93. The molecule has 2 fully saturated rings. The summed E-state index contributed by atoms with van der Waals surface area (Å²) in [6, 6.07) is 6.27. The SMILES string of the molecule is [2H][C@@H](OS(=O)(=O)c1ccc(C)cc1)[C@H]1O[C@@H]2OC(C)(C)O[C@H]2C1C. The summed E-state index contributed by atoms with van der Waals surface area (Å²) in [7, 11) is -4.03. The van der Waals surface area contributed by atoms with Crippen LogP contribution in [0.3, 0.4) is 0 Å². The van der Waals surface area contributed by atoms with Crippen molar-refractivity contribution < 1.29 is 28.2 Å². The Morgan fingerprint density at radius 1 is 1.26 bits per heavy atom. The average Bonchev–Trinajstić information content (AvgIpc) is 2.92. The molecule has 6 nitrogen and oxygen atoms in total. The quantitative estimate of drug-likeness (QED) is 0.781. The van der Waals surface area contributed by atoms with Crippen LogP contribution in [0.25, 0.3) is 0 Å². The van der Waals surface area contributed by atoms with E-state index in [9.17, 15) is 8.42 Å². The summed E-state index contributed by atoms with van der Waals surface area (Å²) in [6.07, 6.45) is -1.71. The Labute approximate surface area is 138 Å². The van der Waals surface area contributed by atoms with Gasteiger partial charge < -0.3 is 14.2 Å². The van der Waals surface area contributed by atoms with Crippen molar-refractivity contribution in [2.75, 3.05) is 6.58 Å². The molecular formula is C16H22O6S. The van der Waals surface area contributed by atoms with Crippen LogP contribution in [0.1, 0.15) is 27.7 Å². The van der Waals surface area contributed by atoms with Crippen LogP contribution >= 0.6 is 0 Å². The lowest BCUT2D eigenvalue weighted by molar-refractivity contribution is -0.211. The molecule has 2 saturated heterocycles. The van der Waals surface area contributed by atoms with Crippen molar-refractivity contribution in [3.05, 3.63) is 29.8 Å². The second-order valence-corrected chi connectivity index (χ2v) is 8.00. The zero-order chi connectivity index (χ0) is 17.7. The lowest BCUT2D eigenvalue weighted by Crippen LogP contribution is -2.31. The molecule has 128 valence electrons. The molecular weight excluding hydrogens is 320 g/mol. The van der Waals surface area contributed by atoms with Gasteiger partial charge in [-0.1, -0.05) is 24.6 Å². The van der Waals surface area contributed by atoms with Crippen LogP contribution in [0, 0.1) is 12.8 Å². The molecule has 0 saturated carbocycles. The molecule has 23 heavy (non-hydrogen) atoms. The van der Waals surface area contributed by atoms with Crippen molar-refractivity contribution in [1.29, 1.82) is 0 Å². The van der Waals surface area contributed by atoms with Gasteiger partial charge in [0.1, 0.15) is 6.10 Å². The summed E-state index contributed by atoms with van der Waals surface area (Å²) in [5, 5.41) is 0. The van der Waals surface area contributed by atoms with Crippen LogP contribution in [-0.4, -0.2) is 39.3 Å². The second kappa shape index (κ2) is 5.82. The highest BCUT2D eigenvalue weighted by Crippen LogP contribution is 2.40. The number of benzene rings is 1. The second-order valence-electron chi connectivity index (χ2n) is 6.43. The monoisotopic (exact) mass is 343 g/mol. The van der Waals surface area contributed by atoms with Crippen molar-refractivity contribution in [3.8, 4) is 0 Å². The van der Waals surface area contributed by atoms with E-state index in [0.717, 1.165) is 5.56 Å². The molecule has 1 unspecified atom stereocenters. The predicted octanol–water partition coefficient (Wildman–Crippen LogP) is 2.21.